The summed E-state index contributed by atoms with van der Waals surface area (Å²) in [5.41, 5.74) is 1.58. The number of rotatable bonds is 2. The number of hydrogen-bond acceptors (Lipinski definition) is 2. The van der Waals surface area contributed by atoms with E-state index in [0.717, 1.165) is 11.3 Å². The number of carbonyl (C=O) groups excluding carboxylic acids is 1. The van der Waals surface area contributed by atoms with Crippen molar-refractivity contribution in [1.29, 1.82) is 0 Å². The molecular formula is C16H14ClFN2OS. The molecule has 1 aliphatic heterocycles. The predicted octanol–water partition coefficient (Wildman–Crippen LogP) is 4.76. The van der Waals surface area contributed by atoms with Crippen LogP contribution in [-0.4, -0.2) is 23.2 Å². The molecule has 2 amide bonds. The highest BCUT2D eigenvalue weighted by atomic mass is 35.5. The van der Waals surface area contributed by atoms with E-state index in [0.29, 0.717) is 12.2 Å². The molecule has 2 aromatic rings. The van der Waals surface area contributed by atoms with E-state index in [1.165, 1.54) is 18.2 Å². The SMILES string of the molecule is O=C(Nc1ccc(F)c(Cl)c1)N1CCSC1c1ccccc1. The van der Waals surface area contributed by atoms with Gasteiger partial charge in [-0.1, -0.05) is 41.9 Å². The summed E-state index contributed by atoms with van der Waals surface area (Å²) in [6, 6.07) is 13.8. The second-order valence-electron chi connectivity index (χ2n) is 4.89. The maximum atomic E-state index is 13.2. The summed E-state index contributed by atoms with van der Waals surface area (Å²) in [5, 5.41) is 2.77. The number of benzene rings is 2. The van der Waals surface area contributed by atoms with E-state index in [9.17, 15) is 9.18 Å². The monoisotopic (exact) mass is 336 g/mol. The lowest BCUT2D eigenvalue weighted by Gasteiger charge is -2.24. The average Bonchev–Trinajstić information content (AvgIpc) is 3.01. The Labute approximate surface area is 137 Å². The topological polar surface area (TPSA) is 32.3 Å². The Morgan fingerprint density at radius 1 is 1.27 bits per heavy atom. The van der Waals surface area contributed by atoms with Crippen molar-refractivity contribution in [3.63, 3.8) is 0 Å². The minimum Gasteiger partial charge on any atom is -0.308 e. The van der Waals surface area contributed by atoms with Crippen molar-refractivity contribution < 1.29 is 9.18 Å². The molecule has 1 atom stereocenters. The van der Waals surface area contributed by atoms with Crippen molar-refractivity contribution in [2.45, 2.75) is 5.37 Å². The summed E-state index contributed by atoms with van der Waals surface area (Å²) in [4.78, 5) is 14.2. The highest BCUT2D eigenvalue weighted by Gasteiger charge is 2.30. The molecule has 1 heterocycles. The van der Waals surface area contributed by atoms with Gasteiger partial charge in [-0.05, 0) is 23.8 Å². The van der Waals surface area contributed by atoms with Crippen LogP contribution >= 0.6 is 23.4 Å². The molecular weight excluding hydrogens is 323 g/mol. The van der Waals surface area contributed by atoms with Gasteiger partial charge in [0.1, 0.15) is 11.2 Å². The number of halogens is 2. The molecule has 1 N–H and O–H groups in total. The van der Waals surface area contributed by atoms with Crippen LogP contribution in [0.4, 0.5) is 14.9 Å². The van der Waals surface area contributed by atoms with E-state index in [1.54, 1.807) is 16.7 Å². The Morgan fingerprint density at radius 2 is 2.05 bits per heavy atom. The number of hydrogen-bond donors (Lipinski definition) is 1. The van der Waals surface area contributed by atoms with Crippen molar-refractivity contribution in [3.05, 3.63) is 64.9 Å². The van der Waals surface area contributed by atoms with E-state index in [-0.39, 0.29) is 16.4 Å². The molecule has 3 rings (SSSR count). The predicted molar refractivity (Wildman–Crippen MR) is 88.8 cm³/mol. The molecule has 0 aromatic heterocycles. The Balaban J connectivity index is 1.75. The van der Waals surface area contributed by atoms with Crippen LogP contribution in [0.25, 0.3) is 0 Å². The van der Waals surface area contributed by atoms with Crippen LogP contribution in [0.1, 0.15) is 10.9 Å². The van der Waals surface area contributed by atoms with Gasteiger partial charge in [-0.15, -0.1) is 11.8 Å². The highest BCUT2D eigenvalue weighted by molar-refractivity contribution is 7.99. The van der Waals surface area contributed by atoms with Gasteiger partial charge >= 0.3 is 6.03 Å². The Kier molecular flexibility index (Phi) is 4.55. The molecule has 1 saturated heterocycles. The Bertz CT molecular complexity index is 683. The fourth-order valence-corrected chi connectivity index (χ4v) is 3.78. The van der Waals surface area contributed by atoms with Crippen LogP contribution in [0, 0.1) is 5.82 Å². The van der Waals surface area contributed by atoms with Crippen molar-refractivity contribution in [2.24, 2.45) is 0 Å². The van der Waals surface area contributed by atoms with Crippen LogP contribution in [0.15, 0.2) is 48.5 Å². The summed E-state index contributed by atoms with van der Waals surface area (Å²) >= 11 is 7.46. The first-order valence-corrected chi connectivity index (χ1v) is 8.27. The molecule has 0 saturated carbocycles. The van der Waals surface area contributed by atoms with E-state index >= 15 is 0 Å². The minimum absolute atomic E-state index is 0.00267. The third-order valence-corrected chi connectivity index (χ3v) is 4.96. The van der Waals surface area contributed by atoms with Gasteiger partial charge in [0.15, 0.2) is 0 Å². The molecule has 0 bridgehead atoms. The fourth-order valence-electron chi connectivity index (χ4n) is 2.34. The highest BCUT2D eigenvalue weighted by Crippen LogP contribution is 2.38. The molecule has 2 aromatic carbocycles. The van der Waals surface area contributed by atoms with Crippen molar-refractivity contribution in [1.82, 2.24) is 4.90 Å². The van der Waals surface area contributed by atoms with E-state index in [2.05, 4.69) is 5.32 Å². The van der Waals surface area contributed by atoms with Crippen LogP contribution < -0.4 is 5.32 Å². The average molecular weight is 337 g/mol. The maximum absolute atomic E-state index is 13.2. The lowest BCUT2D eigenvalue weighted by Crippen LogP contribution is -2.34. The van der Waals surface area contributed by atoms with Gasteiger partial charge in [0, 0.05) is 18.0 Å². The number of urea groups is 1. The first-order chi connectivity index (χ1) is 10.6. The summed E-state index contributed by atoms with van der Waals surface area (Å²) in [6.45, 7) is 0.672. The minimum atomic E-state index is -0.501. The standard InChI is InChI=1S/C16H14ClFN2OS/c17-13-10-12(6-7-14(13)18)19-16(21)20-8-9-22-15(20)11-4-2-1-3-5-11/h1-7,10,15H,8-9H2,(H,19,21). The summed E-state index contributed by atoms with van der Waals surface area (Å²) in [6.07, 6.45) is 0. The third-order valence-electron chi connectivity index (χ3n) is 3.41. The third kappa shape index (κ3) is 3.20. The van der Waals surface area contributed by atoms with Crippen LogP contribution in [0.2, 0.25) is 5.02 Å². The van der Waals surface area contributed by atoms with E-state index in [1.807, 2.05) is 30.3 Å². The van der Waals surface area contributed by atoms with Crippen LogP contribution in [0.3, 0.4) is 0 Å². The van der Waals surface area contributed by atoms with Crippen LogP contribution in [0.5, 0.6) is 0 Å². The van der Waals surface area contributed by atoms with Gasteiger partial charge in [-0.25, -0.2) is 9.18 Å². The molecule has 1 fully saturated rings. The Morgan fingerprint density at radius 3 is 2.77 bits per heavy atom. The molecule has 0 aliphatic carbocycles. The van der Waals surface area contributed by atoms with E-state index in [4.69, 9.17) is 11.6 Å². The first-order valence-electron chi connectivity index (χ1n) is 6.84. The zero-order valence-corrected chi connectivity index (χ0v) is 13.2. The molecule has 0 spiro atoms. The maximum Gasteiger partial charge on any atom is 0.323 e. The number of nitrogens with zero attached hydrogens (tertiary/aromatic N) is 1. The van der Waals surface area contributed by atoms with Gasteiger partial charge in [0.25, 0.3) is 0 Å². The van der Waals surface area contributed by atoms with Gasteiger partial charge in [0.2, 0.25) is 0 Å². The van der Waals surface area contributed by atoms with Crippen LogP contribution in [-0.2, 0) is 0 Å². The molecule has 114 valence electrons. The number of nitrogens with one attached hydrogen (secondary N) is 1. The number of carbonyl (C=O) groups is 1. The zero-order chi connectivity index (χ0) is 15.5. The molecule has 3 nitrogen and oxygen atoms in total. The quantitative estimate of drug-likeness (QED) is 0.857. The first kappa shape index (κ1) is 15.2. The van der Waals surface area contributed by atoms with Crippen molar-refractivity contribution >= 4 is 35.1 Å². The van der Waals surface area contributed by atoms with Gasteiger partial charge in [0.05, 0.1) is 5.02 Å². The summed E-state index contributed by atoms with van der Waals surface area (Å²) < 4.78 is 13.2. The normalized spacial score (nSPS) is 17.5. The van der Waals surface area contributed by atoms with Crippen molar-refractivity contribution in [3.8, 4) is 0 Å². The van der Waals surface area contributed by atoms with Crippen molar-refractivity contribution in [2.75, 3.05) is 17.6 Å². The smallest absolute Gasteiger partial charge is 0.308 e. The Hall–Kier alpha value is -1.72. The molecule has 1 aliphatic rings. The molecule has 0 radical (unpaired) electrons. The second-order valence-corrected chi connectivity index (χ2v) is 6.48. The summed E-state index contributed by atoms with van der Waals surface area (Å²) in [7, 11) is 0. The van der Waals surface area contributed by atoms with Gasteiger partial charge in [-0.2, -0.15) is 0 Å². The number of anilines is 1. The number of thioether (sulfide) groups is 1. The second kappa shape index (κ2) is 6.58. The zero-order valence-electron chi connectivity index (χ0n) is 11.6. The largest absolute Gasteiger partial charge is 0.323 e. The van der Waals surface area contributed by atoms with Gasteiger partial charge in [-0.3, -0.25) is 0 Å². The molecule has 22 heavy (non-hydrogen) atoms. The lowest BCUT2D eigenvalue weighted by atomic mass is 10.2. The van der Waals surface area contributed by atoms with Gasteiger partial charge < -0.3 is 10.2 Å². The molecule has 6 heteroatoms. The molecule has 1 unspecified atom stereocenters. The summed E-state index contributed by atoms with van der Waals surface area (Å²) in [5.74, 6) is 0.385. The lowest BCUT2D eigenvalue weighted by molar-refractivity contribution is 0.214. The fraction of sp³-hybridized carbons (Fsp3) is 0.188. The van der Waals surface area contributed by atoms with E-state index < -0.39 is 5.82 Å². The number of amides is 2.